The molecule has 0 unspecified atom stereocenters. The quantitative estimate of drug-likeness (QED) is 0.645. The van der Waals surface area contributed by atoms with Crippen molar-refractivity contribution in [2.24, 2.45) is 5.84 Å². The summed E-state index contributed by atoms with van der Waals surface area (Å²) in [6.45, 7) is 1.46. The van der Waals surface area contributed by atoms with Crippen molar-refractivity contribution in [3.63, 3.8) is 0 Å². The first-order valence-corrected chi connectivity index (χ1v) is 6.93. The minimum absolute atomic E-state index is 0.0212. The Kier molecular flexibility index (Phi) is 3.18. The molecule has 5 nitrogen and oxygen atoms in total. The molecular formula is C13H14N4OS. The van der Waals surface area contributed by atoms with Gasteiger partial charge >= 0.3 is 0 Å². The normalized spacial score (nSPS) is 14.1. The zero-order chi connectivity index (χ0) is 13.2. The Hall–Kier alpha value is -1.92. The van der Waals surface area contributed by atoms with Crippen LogP contribution in [0.3, 0.4) is 0 Å². The minimum atomic E-state index is 0.0212. The summed E-state index contributed by atoms with van der Waals surface area (Å²) in [5.74, 6) is 5.83. The molecule has 0 bridgehead atoms. The number of fused-ring (bicyclic) bond motifs is 1. The summed E-state index contributed by atoms with van der Waals surface area (Å²) in [7, 11) is 0. The number of anilines is 1. The fraction of sp³-hybridized carbons (Fsp3) is 0.231. The van der Waals surface area contributed by atoms with Crippen LogP contribution in [0.25, 0.3) is 0 Å². The number of pyridine rings is 1. The van der Waals surface area contributed by atoms with Crippen LogP contribution in [-0.2, 0) is 13.0 Å². The van der Waals surface area contributed by atoms with Crippen molar-refractivity contribution in [3.8, 4) is 0 Å². The van der Waals surface area contributed by atoms with Gasteiger partial charge in [0, 0.05) is 24.2 Å². The van der Waals surface area contributed by atoms with Gasteiger partial charge in [0.05, 0.1) is 5.56 Å². The van der Waals surface area contributed by atoms with E-state index < -0.39 is 0 Å². The molecule has 3 heterocycles. The smallest absolute Gasteiger partial charge is 0.255 e. The Labute approximate surface area is 115 Å². The van der Waals surface area contributed by atoms with Gasteiger partial charge in [0.15, 0.2) is 0 Å². The molecule has 0 saturated heterocycles. The predicted molar refractivity (Wildman–Crippen MR) is 74.8 cm³/mol. The molecule has 2 aromatic heterocycles. The lowest BCUT2D eigenvalue weighted by atomic mass is 10.1. The highest BCUT2D eigenvalue weighted by atomic mass is 32.1. The molecule has 6 heteroatoms. The van der Waals surface area contributed by atoms with Gasteiger partial charge in [-0.15, -0.1) is 11.3 Å². The Balaban J connectivity index is 1.77. The number of hydrazine groups is 1. The monoisotopic (exact) mass is 274 g/mol. The summed E-state index contributed by atoms with van der Waals surface area (Å²) in [5, 5.41) is 2.09. The van der Waals surface area contributed by atoms with E-state index in [-0.39, 0.29) is 5.91 Å². The molecule has 3 N–H and O–H groups in total. The molecule has 2 aromatic rings. The van der Waals surface area contributed by atoms with Crippen molar-refractivity contribution in [3.05, 3.63) is 45.8 Å². The maximum absolute atomic E-state index is 12.4. The van der Waals surface area contributed by atoms with E-state index in [1.165, 1.54) is 10.4 Å². The molecule has 1 aliphatic rings. The molecule has 0 fully saturated rings. The molecule has 98 valence electrons. The number of amides is 1. The number of nitrogens with one attached hydrogen (secondary N) is 1. The number of nitrogens with two attached hydrogens (primary N) is 1. The van der Waals surface area contributed by atoms with E-state index in [9.17, 15) is 4.79 Å². The van der Waals surface area contributed by atoms with E-state index in [0.717, 1.165) is 13.0 Å². The SMILES string of the molecule is NNc1ccc(C(=O)N2CCc3sccc3C2)cn1. The molecule has 0 spiro atoms. The molecule has 0 saturated carbocycles. The van der Waals surface area contributed by atoms with E-state index in [4.69, 9.17) is 5.84 Å². The zero-order valence-electron chi connectivity index (χ0n) is 10.3. The Bertz CT molecular complexity index is 593. The number of carbonyl (C=O) groups excluding carboxylic acids is 1. The molecule has 0 atom stereocenters. The molecule has 1 aliphatic heterocycles. The average molecular weight is 274 g/mol. The second-order valence-electron chi connectivity index (χ2n) is 4.42. The van der Waals surface area contributed by atoms with Crippen LogP contribution in [-0.4, -0.2) is 22.3 Å². The topological polar surface area (TPSA) is 71.2 Å². The van der Waals surface area contributed by atoms with Crippen LogP contribution in [0, 0.1) is 0 Å². The standard InChI is InChI=1S/C13H14N4OS/c14-16-12-2-1-9(7-15-12)13(18)17-5-3-11-10(8-17)4-6-19-11/h1-2,4,6-7H,3,5,8,14H2,(H,15,16). The third-order valence-electron chi connectivity index (χ3n) is 3.25. The van der Waals surface area contributed by atoms with Crippen LogP contribution >= 0.6 is 11.3 Å². The fourth-order valence-electron chi connectivity index (χ4n) is 2.21. The van der Waals surface area contributed by atoms with E-state index in [1.807, 2.05) is 4.90 Å². The maximum Gasteiger partial charge on any atom is 0.255 e. The summed E-state index contributed by atoms with van der Waals surface area (Å²) < 4.78 is 0. The number of hydrogen-bond donors (Lipinski definition) is 2. The largest absolute Gasteiger partial charge is 0.334 e. The first-order valence-electron chi connectivity index (χ1n) is 6.05. The van der Waals surface area contributed by atoms with Gasteiger partial charge < -0.3 is 10.3 Å². The van der Waals surface area contributed by atoms with Gasteiger partial charge in [0.2, 0.25) is 0 Å². The number of carbonyl (C=O) groups is 1. The van der Waals surface area contributed by atoms with E-state index in [1.54, 1.807) is 29.7 Å². The van der Waals surface area contributed by atoms with Gasteiger partial charge in [-0.2, -0.15) is 0 Å². The summed E-state index contributed by atoms with van der Waals surface area (Å²) in [6, 6.07) is 5.54. The van der Waals surface area contributed by atoms with Crippen molar-refractivity contribution in [2.75, 3.05) is 12.0 Å². The van der Waals surface area contributed by atoms with Crippen LogP contribution in [0.5, 0.6) is 0 Å². The van der Waals surface area contributed by atoms with Crippen molar-refractivity contribution in [1.82, 2.24) is 9.88 Å². The van der Waals surface area contributed by atoms with Crippen LogP contribution in [0.2, 0.25) is 0 Å². The Morgan fingerprint density at radius 3 is 3.05 bits per heavy atom. The summed E-state index contributed by atoms with van der Waals surface area (Å²) in [4.78, 5) is 19.7. The first kappa shape index (κ1) is 12.1. The molecule has 1 amide bonds. The van der Waals surface area contributed by atoms with E-state index in [2.05, 4.69) is 21.9 Å². The fourth-order valence-corrected chi connectivity index (χ4v) is 3.10. The number of hydrogen-bond acceptors (Lipinski definition) is 5. The van der Waals surface area contributed by atoms with Crippen molar-refractivity contribution < 1.29 is 4.79 Å². The van der Waals surface area contributed by atoms with Gasteiger partial charge in [0.1, 0.15) is 5.82 Å². The molecule has 19 heavy (non-hydrogen) atoms. The van der Waals surface area contributed by atoms with Crippen LogP contribution in [0.15, 0.2) is 29.8 Å². The number of rotatable bonds is 2. The Morgan fingerprint density at radius 2 is 2.32 bits per heavy atom. The Morgan fingerprint density at radius 1 is 1.42 bits per heavy atom. The van der Waals surface area contributed by atoms with Gasteiger partial charge in [-0.05, 0) is 35.6 Å². The molecular weight excluding hydrogens is 260 g/mol. The van der Waals surface area contributed by atoms with E-state index >= 15 is 0 Å². The lowest BCUT2D eigenvalue weighted by Gasteiger charge is -2.27. The second-order valence-corrected chi connectivity index (χ2v) is 5.42. The van der Waals surface area contributed by atoms with Crippen LogP contribution < -0.4 is 11.3 Å². The highest BCUT2D eigenvalue weighted by Gasteiger charge is 2.22. The van der Waals surface area contributed by atoms with Gasteiger partial charge in [-0.25, -0.2) is 10.8 Å². The third-order valence-corrected chi connectivity index (χ3v) is 4.28. The van der Waals surface area contributed by atoms with Crippen LogP contribution in [0.1, 0.15) is 20.8 Å². The van der Waals surface area contributed by atoms with E-state index in [0.29, 0.717) is 17.9 Å². The average Bonchev–Trinajstić information content (AvgIpc) is 2.94. The van der Waals surface area contributed by atoms with Gasteiger partial charge in [-0.3, -0.25) is 4.79 Å². The molecule has 3 rings (SSSR count). The van der Waals surface area contributed by atoms with Crippen molar-refractivity contribution in [1.29, 1.82) is 0 Å². The number of nitrogens with zero attached hydrogens (tertiary/aromatic N) is 2. The number of aromatic nitrogens is 1. The van der Waals surface area contributed by atoms with Crippen molar-refractivity contribution >= 4 is 23.1 Å². The first-order chi connectivity index (χ1) is 9.28. The maximum atomic E-state index is 12.4. The summed E-state index contributed by atoms with van der Waals surface area (Å²) in [6.07, 6.45) is 2.50. The lowest BCUT2D eigenvalue weighted by Crippen LogP contribution is -2.35. The molecule has 0 aliphatic carbocycles. The van der Waals surface area contributed by atoms with Gasteiger partial charge in [0.25, 0.3) is 5.91 Å². The second kappa shape index (κ2) is 4.99. The third kappa shape index (κ3) is 2.32. The highest BCUT2D eigenvalue weighted by molar-refractivity contribution is 7.10. The lowest BCUT2D eigenvalue weighted by molar-refractivity contribution is 0.0735. The number of nitrogen functional groups attached to an aromatic ring is 1. The van der Waals surface area contributed by atoms with Gasteiger partial charge in [-0.1, -0.05) is 0 Å². The van der Waals surface area contributed by atoms with Crippen molar-refractivity contribution in [2.45, 2.75) is 13.0 Å². The summed E-state index contributed by atoms with van der Waals surface area (Å²) in [5.41, 5.74) is 4.30. The number of thiophene rings is 1. The highest BCUT2D eigenvalue weighted by Crippen LogP contribution is 2.24. The predicted octanol–water partition coefficient (Wildman–Crippen LogP) is 1.63. The molecule has 0 aromatic carbocycles. The molecule has 0 radical (unpaired) electrons. The minimum Gasteiger partial charge on any atom is -0.334 e. The summed E-state index contributed by atoms with van der Waals surface area (Å²) >= 11 is 1.77. The van der Waals surface area contributed by atoms with Crippen LogP contribution in [0.4, 0.5) is 5.82 Å². The zero-order valence-corrected chi connectivity index (χ0v) is 11.1.